The number of hydrogen-bond acceptors (Lipinski definition) is 3. The Kier molecular flexibility index (Phi) is 5.79. The molecule has 0 N–H and O–H groups in total. The summed E-state index contributed by atoms with van der Waals surface area (Å²) in [6.45, 7) is 5.57. The van der Waals surface area contributed by atoms with Gasteiger partial charge < -0.3 is 4.90 Å². The van der Waals surface area contributed by atoms with Crippen molar-refractivity contribution in [3.8, 4) is 6.07 Å². The van der Waals surface area contributed by atoms with Crippen molar-refractivity contribution in [3.05, 3.63) is 0 Å². The minimum atomic E-state index is 0.277. The Morgan fingerprint density at radius 3 is 2.56 bits per heavy atom. The zero-order valence-electron chi connectivity index (χ0n) is 10.9. The van der Waals surface area contributed by atoms with E-state index in [0.29, 0.717) is 6.04 Å². The highest BCUT2D eigenvalue weighted by atomic mass is 15.2. The molecule has 0 aromatic carbocycles. The van der Waals surface area contributed by atoms with Crippen molar-refractivity contribution in [1.29, 1.82) is 5.26 Å². The SMILES string of the molecule is CCN(CCCN(C)C)C1CCCC1C#N. The lowest BCUT2D eigenvalue weighted by molar-refractivity contribution is 0.179. The van der Waals surface area contributed by atoms with E-state index in [4.69, 9.17) is 5.26 Å². The zero-order chi connectivity index (χ0) is 12.0. The summed E-state index contributed by atoms with van der Waals surface area (Å²) in [5.41, 5.74) is 0. The fourth-order valence-corrected chi connectivity index (χ4v) is 2.68. The van der Waals surface area contributed by atoms with Crippen LogP contribution in [0.25, 0.3) is 0 Å². The Hall–Kier alpha value is -0.590. The maximum Gasteiger partial charge on any atom is 0.0672 e. The van der Waals surface area contributed by atoms with E-state index in [2.05, 4.69) is 36.9 Å². The molecule has 92 valence electrons. The number of rotatable bonds is 6. The lowest BCUT2D eigenvalue weighted by Crippen LogP contribution is -2.38. The smallest absolute Gasteiger partial charge is 0.0672 e. The van der Waals surface area contributed by atoms with E-state index in [0.717, 1.165) is 26.1 Å². The molecule has 0 bridgehead atoms. The maximum absolute atomic E-state index is 9.11. The summed E-state index contributed by atoms with van der Waals surface area (Å²) in [6, 6.07) is 3.00. The summed E-state index contributed by atoms with van der Waals surface area (Å²) >= 11 is 0. The van der Waals surface area contributed by atoms with Crippen molar-refractivity contribution in [1.82, 2.24) is 9.80 Å². The van der Waals surface area contributed by atoms with E-state index < -0.39 is 0 Å². The quantitative estimate of drug-likeness (QED) is 0.689. The minimum absolute atomic E-state index is 0.277. The van der Waals surface area contributed by atoms with Crippen LogP contribution >= 0.6 is 0 Å². The molecule has 0 amide bonds. The second-order valence-corrected chi connectivity index (χ2v) is 5.02. The Balaban J connectivity index is 2.38. The standard InChI is InChI=1S/C13H25N3/c1-4-16(10-6-9-15(2)3)13-8-5-7-12(13)11-14/h12-13H,4-10H2,1-3H3. The van der Waals surface area contributed by atoms with Gasteiger partial charge in [-0.2, -0.15) is 5.26 Å². The van der Waals surface area contributed by atoms with E-state index in [-0.39, 0.29) is 5.92 Å². The van der Waals surface area contributed by atoms with E-state index >= 15 is 0 Å². The second kappa shape index (κ2) is 6.88. The van der Waals surface area contributed by atoms with Gasteiger partial charge in [0.2, 0.25) is 0 Å². The van der Waals surface area contributed by atoms with E-state index in [1.165, 1.54) is 19.3 Å². The van der Waals surface area contributed by atoms with E-state index in [1.807, 2.05) is 0 Å². The summed E-state index contributed by atoms with van der Waals surface area (Å²) in [5, 5.41) is 9.11. The summed E-state index contributed by atoms with van der Waals surface area (Å²) in [7, 11) is 4.23. The molecule has 1 rings (SSSR count). The van der Waals surface area contributed by atoms with Crippen molar-refractivity contribution in [2.24, 2.45) is 5.92 Å². The van der Waals surface area contributed by atoms with Gasteiger partial charge in [-0.15, -0.1) is 0 Å². The fraction of sp³-hybridized carbons (Fsp3) is 0.923. The van der Waals surface area contributed by atoms with Crippen LogP contribution in [0.3, 0.4) is 0 Å². The summed E-state index contributed by atoms with van der Waals surface area (Å²) in [4.78, 5) is 4.73. The minimum Gasteiger partial charge on any atom is -0.309 e. The van der Waals surface area contributed by atoms with E-state index in [9.17, 15) is 0 Å². The summed E-state index contributed by atoms with van der Waals surface area (Å²) in [6.07, 6.45) is 4.75. The molecular weight excluding hydrogens is 198 g/mol. The summed E-state index contributed by atoms with van der Waals surface area (Å²) in [5.74, 6) is 0.277. The van der Waals surface area contributed by atoms with Crippen LogP contribution in [0.1, 0.15) is 32.6 Å². The first-order valence-electron chi connectivity index (χ1n) is 6.47. The number of nitrogens with zero attached hydrogens (tertiary/aromatic N) is 3. The highest BCUT2D eigenvalue weighted by Crippen LogP contribution is 2.29. The molecule has 2 atom stereocenters. The normalized spacial score (nSPS) is 25.2. The third kappa shape index (κ3) is 3.77. The van der Waals surface area contributed by atoms with Crippen LogP contribution in [0.5, 0.6) is 0 Å². The van der Waals surface area contributed by atoms with Gasteiger partial charge in [-0.25, -0.2) is 0 Å². The average Bonchev–Trinajstić information content (AvgIpc) is 2.72. The van der Waals surface area contributed by atoms with Crippen LogP contribution in [-0.2, 0) is 0 Å². The van der Waals surface area contributed by atoms with Crippen LogP contribution in [0, 0.1) is 17.2 Å². The predicted molar refractivity (Wildman–Crippen MR) is 67.2 cm³/mol. The predicted octanol–water partition coefficient (Wildman–Crippen LogP) is 1.95. The lowest BCUT2D eigenvalue weighted by atomic mass is 10.0. The van der Waals surface area contributed by atoms with Crippen molar-refractivity contribution in [2.45, 2.75) is 38.6 Å². The van der Waals surface area contributed by atoms with Crippen LogP contribution in [0.2, 0.25) is 0 Å². The zero-order valence-corrected chi connectivity index (χ0v) is 10.9. The van der Waals surface area contributed by atoms with Gasteiger partial charge in [0.05, 0.1) is 12.0 Å². The molecule has 0 aromatic rings. The highest BCUT2D eigenvalue weighted by molar-refractivity contribution is 4.97. The number of nitriles is 1. The van der Waals surface area contributed by atoms with Gasteiger partial charge >= 0.3 is 0 Å². The molecule has 2 unspecified atom stereocenters. The lowest BCUT2D eigenvalue weighted by Gasteiger charge is -2.29. The van der Waals surface area contributed by atoms with Gasteiger partial charge in [-0.3, -0.25) is 4.90 Å². The third-order valence-corrected chi connectivity index (χ3v) is 3.57. The van der Waals surface area contributed by atoms with Gasteiger partial charge in [-0.1, -0.05) is 13.3 Å². The fourth-order valence-electron chi connectivity index (χ4n) is 2.68. The van der Waals surface area contributed by atoms with Crippen molar-refractivity contribution >= 4 is 0 Å². The molecule has 3 heteroatoms. The molecule has 3 nitrogen and oxygen atoms in total. The van der Waals surface area contributed by atoms with E-state index in [1.54, 1.807) is 0 Å². The maximum atomic E-state index is 9.11. The molecule has 0 aromatic heterocycles. The van der Waals surface area contributed by atoms with Gasteiger partial charge in [0.15, 0.2) is 0 Å². The Bertz CT molecular complexity index is 232. The summed E-state index contributed by atoms with van der Waals surface area (Å²) < 4.78 is 0. The van der Waals surface area contributed by atoms with Crippen LogP contribution in [-0.4, -0.2) is 49.6 Å². The molecule has 1 saturated carbocycles. The van der Waals surface area contributed by atoms with Crippen molar-refractivity contribution in [3.63, 3.8) is 0 Å². The molecule has 1 aliphatic rings. The molecule has 1 aliphatic carbocycles. The molecule has 1 fully saturated rings. The Labute approximate surface area is 100 Å². The third-order valence-electron chi connectivity index (χ3n) is 3.57. The van der Waals surface area contributed by atoms with Gasteiger partial charge in [0.1, 0.15) is 0 Å². The first kappa shape index (κ1) is 13.5. The molecular formula is C13H25N3. The highest BCUT2D eigenvalue weighted by Gasteiger charge is 2.30. The van der Waals surface area contributed by atoms with Crippen LogP contribution < -0.4 is 0 Å². The first-order chi connectivity index (χ1) is 7.69. The molecule has 0 heterocycles. The molecule has 0 aliphatic heterocycles. The molecule has 0 spiro atoms. The average molecular weight is 223 g/mol. The number of hydrogen-bond donors (Lipinski definition) is 0. The molecule has 16 heavy (non-hydrogen) atoms. The van der Waals surface area contributed by atoms with Crippen molar-refractivity contribution < 1.29 is 0 Å². The van der Waals surface area contributed by atoms with Gasteiger partial charge in [0.25, 0.3) is 0 Å². The van der Waals surface area contributed by atoms with Gasteiger partial charge in [-0.05, 0) is 53.0 Å². The van der Waals surface area contributed by atoms with Crippen molar-refractivity contribution in [2.75, 3.05) is 33.7 Å². The molecule has 0 radical (unpaired) electrons. The first-order valence-corrected chi connectivity index (χ1v) is 6.47. The van der Waals surface area contributed by atoms with Crippen LogP contribution in [0.15, 0.2) is 0 Å². The largest absolute Gasteiger partial charge is 0.309 e. The Morgan fingerprint density at radius 1 is 1.25 bits per heavy atom. The Morgan fingerprint density at radius 2 is 2.00 bits per heavy atom. The van der Waals surface area contributed by atoms with Gasteiger partial charge in [0, 0.05) is 6.04 Å². The topological polar surface area (TPSA) is 30.3 Å². The van der Waals surface area contributed by atoms with Crippen LogP contribution in [0.4, 0.5) is 0 Å². The molecule has 0 saturated heterocycles. The monoisotopic (exact) mass is 223 g/mol. The second-order valence-electron chi connectivity index (χ2n) is 5.02.